The lowest BCUT2D eigenvalue weighted by molar-refractivity contribution is -0.145. The maximum absolute atomic E-state index is 11.0. The standard InChI is InChI=1S/C7H7NO4S/c8-12-7(9)5-3-1-2-4-6(5)13(10)11/h1-5H,8H2. The summed E-state index contributed by atoms with van der Waals surface area (Å²) in [4.78, 5) is 14.9. The summed E-state index contributed by atoms with van der Waals surface area (Å²) in [7, 11) is -2.43. The van der Waals surface area contributed by atoms with Crippen LogP contribution in [-0.4, -0.2) is 19.3 Å². The number of hydrogen-bond acceptors (Lipinski definition) is 5. The van der Waals surface area contributed by atoms with E-state index in [1.54, 1.807) is 6.08 Å². The molecule has 2 N–H and O–H groups in total. The lowest BCUT2D eigenvalue weighted by Gasteiger charge is -2.09. The van der Waals surface area contributed by atoms with Gasteiger partial charge in [0.25, 0.3) is 0 Å². The van der Waals surface area contributed by atoms with Crippen molar-refractivity contribution >= 4 is 21.1 Å². The molecule has 0 heterocycles. The third-order valence-corrected chi connectivity index (χ3v) is 2.32. The summed E-state index contributed by atoms with van der Waals surface area (Å²) >= 11 is 0. The van der Waals surface area contributed by atoms with Crippen LogP contribution in [0.25, 0.3) is 0 Å². The van der Waals surface area contributed by atoms with Gasteiger partial charge in [0.15, 0.2) is 0 Å². The van der Waals surface area contributed by atoms with E-state index in [1.807, 2.05) is 0 Å². The number of allylic oxidation sites excluding steroid dienone is 3. The van der Waals surface area contributed by atoms with E-state index < -0.39 is 22.2 Å². The van der Waals surface area contributed by atoms with Gasteiger partial charge in [-0.2, -0.15) is 14.3 Å². The van der Waals surface area contributed by atoms with Crippen molar-refractivity contribution in [3.8, 4) is 0 Å². The zero-order valence-corrected chi connectivity index (χ0v) is 7.32. The maximum atomic E-state index is 11.0. The first-order valence-corrected chi connectivity index (χ1v) is 4.46. The van der Waals surface area contributed by atoms with Crippen LogP contribution in [0.15, 0.2) is 24.3 Å². The molecule has 1 rings (SSSR count). The monoisotopic (exact) mass is 201 g/mol. The lowest BCUT2D eigenvalue weighted by Crippen LogP contribution is -2.27. The SMILES string of the molecule is NOC(=O)C1C=CC=CC1=S(=O)=O. The van der Waals surface area contributed by atoms with E-state index in [2.05, 4.69) is 10.7 Å². The van der Waals surface area contributed by atoms with E-state index in [0.29, 0.717) is 0 Å². The van der Waals surface area contributed by atoms with E-state index in [0.717, 1.165) is 0 Å². The van der Waals surface area contributed by atoms with Crippen molar-refractivity contribution in [1.82, 2.24) is 0 Å². The van der Waals surface area contributed by atoms with E-state index >= 15 is 0 Å². The van der Waals surface area contributed by atoms with Gasteiger partial charge < -0.3 is 4.84 Å². The molecule has 0 spiro atoms. The molecular formula is C7H7NO4S. The molecule has 0 saturated carbocycles. The first-order valence-electron chi connectivity index (χ1n) is 3.38. The average molecular weight is 201 g/mol. The second kappa shape index (κ2) is 4.01. The van der Waals surface area contributed by atoms with Crippen molar-refractivity contribution in [2.45, 2.75) is 0 Å². The summed E-state index contributed by atoms with van der Waals surface area (Å²) in [6.07, 6.45) is 5.80. The summed E-state index contributed by atoms with van der Waals surface area (Å²) in [6, 6.07) is 0. The molecular weight excluding hydrogens is 194 g/mol. The summed E-state index contributed by atoms with van der Waals surface area (Å²) in [5.41, 5.74) is 0. The van der Waals surface area contributed by atoms with E-state index in [1.165, 1.54) is 18.2 Å². The quantitative estimate of drug-likeness (QED) is 0.443. The van der Waals surface area contributed by atoms with Crippen LogP contribution in [0.3, 0.4) is 0 Å². The Morgan fingerprint density at radius 1 is 1.46 bits per heavy atom. The molecule has 0 aliphatic heterocycles. The van der Waals surface area contributed by atoms with Gasteiger partial charge in [-0.05, 0) is 6.08 Å². The summed E-state index contributed by atoms with van der Waals surface area (Å²) in [5, 5.41) is 0. The van der Waals surface area contributed by atoms with Crippen LogP contribution in [0.2, 0.25) is 0 Å². The molecule has 13 heavy (non-hydrogen) atoms. The minimum Gasteiger partial charge on any atom is -0.373 e. The molecule has 0 fully saturated rings. The predicted molar refractivity (Wildman–Crippen MR) is 46.0 cm³/mol. The van der Waals surface area contributed by atoms with Crippen molar-refractivity contribution in [2.24, 2.45) is 11.8 Å². The third-order valence-electron chi connectivity index (χ3n) is 1.54. The molecule has 1 aliphatic rings. The summed E-state index contributed by atoms with van der Waals surface area (Å²) in [6.45, 7) is 0. The number of hydrogen-bond donors (Lipinski definition) is 1. The zero-order chi connectivity index (χ0) is 9.84. The van der Waals surface area contributed by atoms with Crippen molar-refractivity contribution in [1.29, 1.82) is 0 Å². The van der Waals surface area contributed by atoms with Crippen molar-refractivity contribution in [2.75, 3.05) is 0 Å². The van der Waals surface area contributed by atoms with Crippen LogP contribution in [-0.2, 0) is 19.9 Å². The largest absolute Gasteiger partial charge is 0.373 e. The third kappa shape index (κ3) is 2.04. The van der Waals surface area contributed by atoms with Gasteiger partial charge in [-0.3, -0.25) is 0 Å². The Bertz CT molecular complexity index is 396. The van der Waals surface area contributed by atoms with Crippen LogP contribution >= 0.6 is 0 Å². The molecule has 0 aromatic rings. The Balaban J connectivity index is 3.11. The second-order valence-corrected chi connectivity index (χ2v) is 3.24. The predicted octanol–water partition coefficient (Wildman–Crippen LogP) is -0.803. The highest BCUT2D eigenvalue weighted by Crippen LogP contribution is 2.09. The van der Waals surface area contributed by atoms with E-state index in [4.69, 9.17) is 0 Å². The van der Waals surface area contributed by atoms with Gasteiger partial charge >= 0.3 is 5.97 Å². The van der Waals surface area contributed by atoms with E-state index in [-0.39, 0.29) is 4.86 Å². The fourth-order valence-corrected chi connectivity index (χ4v) is 1.52. The van der Waals surface area contributed by atoms with Crippen LogP contribution in [0.5, 0.6) is 0 Å². The van der Waals surface area contributed by atoms with Gasteiger partial charge in [-0.1, -0.05) is 18.2 Å². The fourth-order valence-electron chi connectivity index (χ4n) is 0.951. The molecule has 0 bridgehead atoms. The Morgan fingerprint density at radius 3 is 2.69 bits per heavy atom. The van der Waals surface area contributed by atoms with Crippen LogP contribution in [0, 0.1) is 5.92 Å². The lowest BCUT2D eigenvalue weighted by atomic mass is 10.0. The van der Waals surface area contributed by atoms with E-state index in [9.17, 15) is 13.2 Å². The van der Waals surface area contributed by atoms with Gasteiger partial charge in [0.2, 0.25) is 10.3 Å². The van der Waals surface area contributed by atoms with Crippen molar-refractivity contribution < 1.29 is 18.0 Å². The molecule has 6 heteroatoms. The van der Waals surface area contributed by atoms with Gasteiger partial charge in [0, 0.05) is 0 Å². The summed E-state index contributed by atoms with van der Waals surface area (Å²) in [5.74, 6) is 2.93. The molecule has 1 unspecified atom stereocenters. The Kier molecular flexibility index (Phi) is 2.99. The number of carbonyl (C=O) groups excluding carboxylic acids is 1. The molecule has 70 valence electrons. The van der Waals surface area contributed by atoms with Gasteiger partial charge in [0.1, 0.15) is 5.92 Å². The minimum atomic E-state index is -2.43. The number of rotatable bonds is 1. The fraction of sp³-hybridized carbons (Fsp3) is 0.143. The normalized spacial score (nSPS) is 20.1. The topological polar surface area (TPSA) is 86.5 Å². The van der Waals surface area contributed by atoms with Gasteiger partial charge in [-0.25, -0.2) is 4.79 Å². The maximum Gasteiger partial charge on any atom is 0.336 e. The molecule has 1 atom stereocenters. The molecule has 0 radical (unpaired) electrons. The second-order valence-electron chi connectivity index (χ2n) is 2.30. The molecule has 1 aliphatic carbocycles. The van der Waals surface area contributed by atoms with Crippen molar-refractivity contribution in [3.63, 3.8) is 0 Å². The molecule has 0 amide bonds. The molecule has 5 nitrogen and oxygen atoms in total. The smallest absolute Gasteiger partial charge is 0.336 e. The first kappa shape index (κ1) is 9.69. The molecule has 0 aromatic carbocycles. The van der Waals surface area contributed by atoms with Crippen LogP contribution < -0.4 is 5.90 Å². The zero-order valence-electron chi connectivity index (χ0n) is 6.51. The highest BCUT2D eigenvalue weighted by atomic mass is 32.2. The first-order chi connectivity index (χ1) is 6.16. The van der Waals surface area contributed by atoms with Gasteiger partial charge in [0.05, 0.1) is 4.86 Å². The Labute approximate surface area is 76.0 Å². The van der Waals surface area contributed by atoms with Crippen LogP contribution in [0.1, 0.15) is 0 Å². The highest BCUT2D eigenvalue weighted by Gasteiger charge is 2.23. The molecule has 0 saturated heterocycles. The average Bonchev–Trinajstić information content (AvgIpc) is 2.16. The van der Waals surface area contributed by atoms with Gasteiger partial charge in [-0.15, -0.1) is 0 Å². The van der Waals surface area contributed by atoms with Crippen LogP contribution in [0.4, 0.5) is 0 Å². The number of nitrogens with two attached hydrogens (primary N) is 1. The Morgan fingerprint density at radius 2 is 2.15 bits per heavy atom. The Hall–Kier alpha value is -1.40. The van der Waals surface area contributed by atoms with Crippen molar-refractivity contribution in [3.05, 3.63) is 24.3 Å². The minimum absolute atomic E-state index is 0.0436. The highest BCUT2D eigenvalue weighted by molar-refractivity contribution is 7.73. The number of carbonyl (C=O) groups is 1. The summed E-state index contributed by atoms with van der Waals surface area (Å²) < 4.78 is 21.2. The molecule has 0 aromatic heterocycles.